The number of ether oxygens (including phenoxy) is 2. The Balaban J connectivity index is 0.00000337. The number of fused-ring (bicyclic) bond motifs is 3. The number of piperidine rings is 1. The molecule has 2 fully saturated rings. The van der Waals surface area contributed by atoms with Crippen LogP contribution in [0.25, 0.3) is 16.8 Å². The first-order valence-corrected chi connectivity index (χ1v) is 12.8. The van der Waals surface area contributed by atoms with Crippen LogP contribution in [0.4, 0.5) is 19.1 Å². The number of rotatable bonds is 7. The number of anilines is 1. The van der Waals surface area contributed by atoms with Gasteiger partial charge < -0.3 is 28.7 Å². The van der Waals surface area contributed by atoms with Gasteiger partial charge in [0.1, 0.15) is 17.2 Å². The van der Waals surface area contributed by atoms with Gasteiger partial charge in [-0.3, -0.25) is 0 Å². The molecule has 2 atom stereocenters. The molecule has 2 aliphatic rings. The van der Waals surface area contributed by atoms with Crippen LogP contribution in [-0.4, -0.2) is 58.2 Å². The number of carboxylic acids is 1. The third-order valence-corrected chi connectivity index (χ3v) is 7.65. The summed E-state index contributed by atoms with van der Waals surface area (Å²) in [5.41, 5.74) is 2.94. The fourth-order valence-electron chi connectivity index (χ4n) is 5.81. The molecule has 0 aliphatic carbocycles. The number of hydrogen-bond acceptors (Lipinski definition) is 8. The molecule has 2 aliphatic heterocycles. The standard InChI is InChI=1S/C28H26F3N5O4.K/c1-15-22(6-16-4-2-3-5-23(16)40-27(30)31)36-12-20(21(29)7-24(36)34-15)17-8-32-28(33-9-17)35-10-18-13-39-14-19(11-35)25(18)26(37)38;/h2-5,7-9,12,18-19,25,27H,6,10-11,13-14H2,1H3,(H,37,38);/q;+1/p-1. The van der Waals surface area contributed by atoms with Crippen LogP contribution in [0.3, 0.4) is 0 Å². The van der Waals surface area contributed by atoms with Crippen molar-refractivity contribution in [2.45, 2.75) is 20.0 Å². The normalized spacial score (nSPS) is 20.2. The van der Waals surface area contributed by atoms with Gasteiger partial charge in [-0.25, -0.2) is 19.3 Å². The van der Waals surface area contributed by atoms with Crippen molar-refractivity contribution in [1.82, 2.24) is 19.4 Å². The van der Waals surface area contributed by atoms with Gasteiger partial charge in [-0.05, 0) is 13.0 Å². The van der Waals surface area contributed by atoms with Crippen LogP contribution in [-0.2, 0) is 16.0 Å². The molecule has 41 heavy (non-hydrogen) atoms. The topological polar surface area (TPSA) is 105 Å². The first-order valence-electron chi connectivity index (χ1n) is 12.8. The maximum absolute atomic E-state index is 15.2. The number of para-hydroxylation sites is 1. The van der Waals surface area contributed by atoms with Crippen LogP contribution in [0, 0.1) is 30.5 Å². The summed E-state index contributed by atoms with van der Waals surface area (Å²) < 4.78 is 53.0. The van der Waals surface area contributed by atoms with Gasteiger partial charge in [0, 0.05) is 90.3 Å². The number of aliphatic carboxylic acids is 1. The Kier molecular flexibility index (Phi) is 9.02. The Morgan fingerprint density at radius 1 is 1.17 bits per heavy atom. The van der Waals surface area contributed by atoms with E-state index in [1.807, 2.05) is 4.90 Å². The fraction of sp³-hybridized carbons (Fsp3) is 0.357. The van der Waals surface area contributed by atoms with Crippen LogP contribution < -0.4 is 66.1 Å². The maximum Gasteiger partial charge on any atom is 1.00 e. The number of aromatic nitrogens is 4. The number of carboxylic acid groups (broad SMARTS) is 1. The van der Waals surface area contributed by atoms with E-state index in [0.29, 0.717) is 60.4 Å². The number of benzene rings is 1. The van der Waals surface area contributed by atoms with Crippen molar-refractivity contribution in [3.05, 3.63) is 71.7 Å². The molecule has 6 rings (SSSR count). The van der Waals surface area contributed by atoms with Crippen molar-refractivity contribution >= 4 is 17.6 Å². The molecule has 208 valence electrons. The average Bonchev–Trinajstić information content (AvgIpc) is 3.21. The van der Waals surface area contributed by atoms with Crippen molar-refractivity contribution < 1.29 is 83.9 Å². The van der Waals surface area contributed by atoms with E-state index in [9.17, 15) is 18.7 Å². The summed E-state index contributed by atoms with van der Waals surface area (Å²) in [5, 5.41) is 11.6. The molecule has 0 radical (unpaired) electrons. The van der Waals surface area contributed by atoms with Gasteiger partial charge in [-0.15, -0.1) is 0 Å². The minimum atomic E-state index is -2.96. The van der Waals surface area contributed by atoms with Crippen molar-refractivity contribution in [1.29, 1.82) is 0 Å². The molecule has 5 heterocycles. The number of hydrogen-bond donors (Lipinski definition) is 0. The zero-order chi connectivity index (χ0) is 28.0. The second-order valence-corrected chi connectivity index (χ2v) is 10.1. The number of imidazole rings is 1. The zero-order valence-corrected chi connectivity index (χ0v) is 25.6. The second-order valence-electron chi connectivity index (χ2n) is 10.1. The Morgan fingerprint density at radius 3 is 2.51 bits per heavy atom. The van der Waals surface area contributed by atoms with Gasteiger partial charge >= 0.3 is 58.0 Å². The molecule has 2 bridgehead atoms. The first kappa shape index (κ1) is 29.9. The van der Waals surface area contributed by atoms with E-state index >= 15 is 4.39 Å². The van der Waals surface area contributed by atoms with E-state index in [-0.39, 0.29) is 81.0 Å². The molecule has 0 saturated carbocycles. The SMILES string of the molecule is Cc1nc2cc(F)c(-c3cnc(N4CC5COCC(C4)C5C(=O)[O-])nc3)cn2c1Cc1ccccc1OC(F)F.[K+]. The molecule has 0 spiro atoms. The largest absolute Gasteiger partial charge is 1.00 e. The van der Waals surface area contributed by atoms with Gasteiger partial charge in [0.05, 0.1) is 18.9 Å². The first-order chi connectivity index (χ1) is 19.3. The average molecular weight is 592 g/mol. The molecule has 1 aromatic carbocycles. The molecule has 0 amide bonds. The summed E-state index contributed by atoms with van der Waals surface area (Å²) in [6, 6.07) is 7.84. The van der Waals surface area contributed by atoms with Gasteiger partial charge in [0.25, 0.3) is 0 Å². The fourth-order valence-corrected chi connectivity index (χ4v) is 5.81. The van der Waals surface area contributed by atoms with E-state index < -0.39 is 24.3 Å². The van der Waals surface area contributed by atoms with Crippen LogP contribution in [0.1, 0.15) is 17.0 Å². The molecule has 2 saturated heterocycles. The van der Waals surface area contributed by atoms with Crippen LogP contribution >= 0.6 is 0 Å². The Bertz CT molecular complexity index is 1550. The van der Waals surface area contributed by atoms with E-state index in [2.05, 4.69) is 19.7 Å². The number of alkyl halides is 2. The third-order valence-electron chi connectivity index (χ3n) is 7.65. The summed E-state index contributed by atoms with van der Waals surface area (Å²) in [4.78, 5) is 26.9. The van der Waals surface area contributed by atoms with Gasteiger partial charge in [-0.1, -0.05) is 18.2 Å². The van der Waals surface area contributed by atoms with Crippen molar-refractivity contribution in [2.24, 2.45) is 17.8 Å². The zero-order valence-electron chi connectivity index (χ0n) is 22.5. The molecule has 9 nitrogen and oxygen atoms in total. The Labute approximate surface area is 276 Å². The van der Waals surface area contributed by atoms with Gasteiger partial charge in [-0.2, -0.15) is 8.78 Å². The molecular weight excluding hydrogens is 566 g/mol. The van der Waals surface area contributed by atoms with E-state index in [1.54, 1.807) is 35.7 Å². The van der Waals surface area contributed by atoms with Crippen molar-refractivity contribution in [3.63, 3.8) is 0 Å². The Hall–Kier alpha value is -2.55. The minimum Gasteiger partial charge on any atom is -0.550 e. The minimum absolute atomic E-state index is 0. The number of halogens is 3. The number of aryl methyl sites for hydroxylation is 1. The summed E-state index contributed by atoms with van der Waals surface area (Å²) >= 11 is 0. The summed E-state index contributed by atoms with van der Waals surface area (Å²) in [6.45, 7) is 0.326. The molecular formula is C28H25F3KN5O4. The molecule has 3 aromatic heterocycles. The summed E-state index contributed by atoms with van der Waals surface area (Å²) in [7, 11) is 0. The number of pyridine rings is 1. The second kappa shape index (κ2) is 12.4. The molecule has 0 N–H and O–H groups in total. The van der Waals surface area contributed by atoms with E-state index in [4.69, 9.17) is 4.74 Å². The van der Waals surface area contributed by atoms with Crippen molar-refractivity contribution in [3.8, 4) is 16.9 Å². The Morgan fingerprint density at radius 2 is 1.85 bits per heavy atom. The summed E-state index contributed by atoms with van der Waals surface area (Å²) in [5.74, 6) is -2.08. The predicted molar refractivity (Wildman–Crippen MR) is 135 cm³/mol. The molecule has 4 aromatic rings. The maximum atomic E-state index is 15.2. The predicted octanol–water partition coefficient (Wildman–Crippen LogP) is -0.116. The van der Waals surface area contributed by atoms with E-state index in [1.165, 1.54) is 24.5 Å². The monoisotopic (exact) mass is 591 g/mol. The quantitative estimate of drug-likeness (QED) is 0.274. The van der Waals surface area contributed by atoms with Gasteiger partial charge in [0.15, 0.2) is 0 Å². The molecule has 13 heteroatoms. The van der Waals surface area contributed by atoms with Crippen LogP contribution in [0.2, 0.25) is 0 Å². The third kappa shape index (κ3) is 6.01. The number of carbonyl (C=O) groups is 1. The summed E-state index contributed by atoms with van der Waals surface area (Å²) in [6.07, 6.45) is 4.89. The number of nitrogens with zero attached hydrogens (tertiary/aromatic N) is 5. The van der Waals surface area contributed by atoms with Gasteiger partial charge in [0.2, 0.25) is 5.95 Å². The molecule has 2 unspecified atom stereocenters. The van der Waals surface area contributed by atoms with Crippen LogP contribution in [0.15, 0.2) is 48.9 Å². The van der Waals surface area contributed by atoms with Crippen molar-refractivity contribution in [2.75, 3.05) is 31.2 Å². The number of carbonyl (C=O) groups excluding carboxylic acids is 1. The smallest absolute Gasteiger partial charge is 0.550 e. The van der Waals surface area contributed by atoms with Crippen LogP contribution in [0.5, 0.6) is 5.75 Å². The van der Waals surface area contributed by atoms with E-state index in [0.717, 1.165) is 0 Å².